The number of hydrogen-bond acceptors (Lipinski definition) is 6. The summed E-state index contributed by atoms with van der Waals surface area (Å²) in [6.07, 6.45) is 7.24. The molecule has 3 aromatic heterocycles. The number of nitrogens with one attached hydrogen (secondary N) is 2. The van der Waals surface area contributed by atoms with Crippen LogP contribution in [0.15, 0.2) is 24.3 Å². The summed E-state index contributed by atoms with van der Waals surface area (Å²) in [5.41, 5.74) is 14.8. The van der Waals surface area contributed by atoms with Crippen molar-refractivity contribution in [2.45, 2.75) is 132 Å². The quantitative estimate of drug-likeness (QED) is 0.0751. The molecule has 0 saturated carbocycles. The van der Waals surface area contributed by atoms with Crippen molar-refractivity contribution in [2.75, 3.05) is 13.2 Å². The number of aryl methyl sites for hydroxylation is 2. The summed E-state index contributed by atoms with van der Waals surface area (Å²) >= 11 is 4.07. The number of thiol groups is 1. The molecule has 5 heterocycles. The van der Waals surface area contributed by atoms with Gasteiger partial charge < -0.3 is 24.5 Å². The fourth-order valence-corrected chi connectivity index (χ4v) is 7.79. The zero-order chi connectivity index (χ0) is 39.1. The van der Waals surface area contributed by atoms with E-state index in [1.54, 1.807) is 0 Å². The Bertz CT molecular complexity index is 2110. The Labute approximate surface area is 325 Å². The Morgan fingerprint density at radius 3 is 1.57 bits per heavy atom. The lowest BCUT2D eigenvalue weighted by Gasteiger charge is -2.14. The van der Waals surface area contributed by atoms with E-state index in [-0.39, 0.29) is 30.2 Å². The van der Waals surface area contributed by atoms with Gasteiger partial charge in [-0.25, -0.2) is 9.97 Å². The summed E-state index contributed by atoms with van der Waals surface area (Å²) in [7, 11) is 0. The summed E-state index contributed by atoms with van der Waals surface area (Å²) in [5.74, 6) is -0.865. The Kier molecular flexibility index (Phi) is 14.2. The van der Waals surface area contributed by atoms with Crippen LogP contribution in [0.4, 0.5) is 0 Å². The number of carbonyl (C=O) groups is 2. The van der Waals surface area contributed by atoms with Crippen molar-refractivity contribution in [3.8, 4) is 0 Å². The fraction of sp³-hybridized carbons (Fsp3) is 0.500. The van der Waals surface area contributed by atoms with Crippen molar-refractivity contribution < 1.29 is 24.2 Å². The van der Waals surface area contributed by atoms with Crippen molar-refractivity contribution in [1.29, 1.82) is 0 Å². The number of nitrogens with zero attached hydrogens (tertiary/aromatic N) is 2. The monoisotopic (exact) mass is 754 g/mol. The summed E-state index contributed by atoms with van der Waals surface area (Å²) < 4.78 is 12.9. The number of carboxylic acid groups (broad SMARTS) is 1. The Morgan fingerprint density at radius 1 is 0.667 bits per heavy atom. The number of aromatic nitrogens is 4. The fourth-order valence-electron chi connectivity index (χ4n) is 7.68. The van der Waals surface area contributed by atoms with E-state index in [1.165, 1.54) is 0 Å². The highest BCUT2D eigenvalue weighted by Gasteiger charge is 2.24. The van der Waals surface area contributed by atoms with Crippen molar-refractivity contribution in [3.63, 3.8) is 0 Å². The van der Waals surface area contributed by atoms with Gasteiger partial charge in [-0.15, -0.1) is 12.6 Å². The summed E-state index contributed by atoms with van der Waals surface area (Å²) in [6, 6.07) is 8.30. The number of aliphatic carboxylic acids is 1. The third kappa shape index (κ3) is 9.44. The lowest BCUT2D eigenvalue weighted by atomic mass is 9.98. The topological polar surface area (TPSA) is 130 Å². The number of carbonyl (C=O) groups excluding carboxylic acids is 1. The molecule has 2 atom stereocenters. The zero-order valence-corrected chi connectivity index (χ0v) is 34.3. The first kappa shape index (κ1) is 41.2. The van der Waals surface area contributed by atoms with Crippen LogP contribution in [0.2, 0.25) is 0 Å². The van der Waals surface area contributed by atoms with E-state index in [1.807, 2.05) is 19.9 Å². The second-order valence-electron chi connectivity index (χ2n) is 14.8. The van der Waals surface area contributed by atoms with Crippen LogP contribution in [-0.4, -0.2) is 49.3 Å². The number of fused-ring (bicyclic) bond motifs is 8. The van der Waals surface area contributed by atoms with Crippen LogP contribution >= 0.6 is 12.6 Å². The van der Waals surface area contributed by atoms with Crippen molar-refractivity contribution in [2.24, 2.45) is 0 Å². The van der Waals surface area contributed by atoms with Crippen LogP contribution in [-0.2, 0) is 19.1 Å². The largest absolute Gasteiger partial charge is 0.481 e. The number of aromatic amines is 2. The molecule has 2 unspecified atom stereocenters. The predicted molar refractivity (Wildman–Crippen MR) is 223 cm³/mol. The van der Waals surface area contributed by atoms with Gasteiger partial charge in [0.2, 0.25) is 0 Å². The van der Waals surface area contributed by atoms with E-state index < -0.39 is 5.97 Å². The smallest absolute Gasteiger partial charge is 0.303 e. The molecule has 2 aliphatic heterocycles. The van der Waals surface area contributed by atoms with Gasteiger partial charge >= 0.3 is 5.97 Å². The molecule has 10 heteroatoms. The van der Waals surface area contributed by atoms with Crippen LogP contribution in [0.1, 0.15) is 163 Å². The van der Waals surface area contributed by atoms with Gasteiger partial charge in [0.15, 0.2) is 5.12 Å². The minimum Gasteiger partial charge on any atom is -0.481 e. The molecule has 0 spiro atoms. The van der Waals surface area contributed by atoms with E-state index in [9.17, 15) is 14.7 Å². The van der Waals surface area contributed by atoms with Gasteiger partial charge in [0.25, 0.3) is 0 Å². The maximum Gasteiger partial charge on any atom is 0.303 e. The number of rotatable bonds is 18. The average Bonchev–Trinajstić information content (AvgIpc) is 3.79. The van der Waals surface area contributed by atoms with E-state index in [0.29, 0.717) is 31.7 Å². The minimum atomic E-state index is -0.865. The molecule has 5 rings (SSSR count). The minimum absolute atomic E-state index is 0.0201. The van der Waals surface area contributed by atoms with Gasteiger partial charge in [-0.3, -0.25) is 9.59 Å². The first-order valence-electron chi connectivity index (χ1n) is 19.7. The molecule has 9 nitrogen and oxygen atoms in total. The first-order chi connectivity index (χ1) is 25.8. The Hall–Kier alpha value is -3.99. The predicted octanol–water partition coefficient (Wildman–Crippen LogP) is 11.4. The van der Waals surface area contributed by atoms with Crippen molar-refractivity contribution in [3.05, 3.63) is 69.3 Å². The highest BCUT2D eigenvalue weighted by molar-refractivity contribution is 7.96. The van der Waals surface area contributed by atoms with Gasteiger partial charge in [-0.1, -0.05) is 39.5 Å². The SMILES string of the molecule is CCCCCOC(C)c1c(C)c2cc3[nH]c(cc4nc(cc5nc(cc1[nH]2)C(C)=C5CCC(=O)S)C(CCC(=O)O)=C4C)c(C)c3C(C)OCCCCC. The molecular formula is C44H58N4O5S. The van der Waals surface area contributed by atoms with Crippen LogP contribution in [0, 0.1) is 13.8 Å². The second-order valence-corrected chi connectivity index (χ2v) is 15.3. The Balaban J connectivity index is 1.86. The van der Waals surface area contributed by atoms with Gasteiger partial charge in [-0.05, 0) is 125 Å². The molecule has 54 heavy (non-hydrogen) atoms. The molecule has 0 amide bonds. The number of H-pyrrole nitrogens is 2. The van der Waals surface area contributed by atoms with E-state index in [4.69, 9.17) is 19.4 Å². The third-order valence-electron chi connectivity index (χ3n) is 10.9. The third-order valence-corrected chi connectivity index (χ3v) is 11.1. The van der Waals surface area contributed by atoms with Crippen LogP contribution in [0.25, 0.3) is 44.4 Å². The maximum absolute atomic E-state index is 12.1. The number of ether oxygens (including phenoxy) is 2. The number of carboxylic acids is 1. The summed E-state index contributed by atoms with van der Waals surface area (Å²) in [4.78, 5) is 41.6. The van der Waals surface area contributed by atoms with Crippen LogP contribution in [0.5, 0.6) is 0 Å². The maximum atomic E-state index is 12.1. The standard InChI is InChI=1S/C44H58N4O5S/c1-9-11-13-19-52-29(7)43-27(5)35-21-33-25(3)31(15-17-41(49)50)37(45-33)24-38-32(16-18-42(51)54)26(4)34(46-38)22-39-44(30(8)53-20-14-12-10-2)28(6)36(48-39)23-40(43)47-35/h21-24,29-30,47-48H,9-20H2,1-8H3,(H,49,50)(H,51,54). The van der Waals surface area contributed by atoms with Gasteiger partial charge in [0.05, 0.1) is 35.0 Å². The zero-order valence-electron chi connectivity index (χ0n) is 33.4. The molecule has 3 N–H and O–H groups in total. The number of hydrogen-bond donors (Lipinski definition) is 4. The molecule has 0 fully saturated rings. The lowest BCUT2D eigenvalue weighted by molar-refractivity contribution is -0.136. The van der Waals surface area contributed by atoms with Crippen LogP contribution < -0.4 is 0 Å². The Morgan fingerprint density at radius 2 is 1.11 bits per heavy atom. The van der Waals surface area contributed by atoms with E-state index in [0.717, 1.165) is 122 Å². The molecule has 0 aromatic carbocycles. The van der Waals surface area contributed by atoms with Gasteiger partial charge in [-0.2, -0.15) is 0 Å². The second kappa shape index (κ2) is 18.6. The molecule has 8 bridgehead atoms. The molecule has 2 aliphatic rings. The molecule has 3 aromatic rings. The summed E-state index contributed by atoms with van der Waals surface area (Å²) in [6.45, 7) is 18.3. The average molecular weight is 755 g/mol. The molecule has 0 radical (unpaired) electrons. The van der Waals surface area contributed by atoms with Gasteiger partial charge in [0.1, 0.15) is 0 Å². The normalized spacial score (nSPS) is 14.2. The number of unbranched alkanes of at least 4 members (excludes halogenated alkanes) is 4. The molecule has 0 aliphatic carbocycles. The van der Waals surface area contributed by atoms with Gasteiger partial charge in [0, 0.05) is 59.2 Å². The first-order valence-corrected chi connectivity index (χ1v) is 20.1. The van der Waals surface area contributed by atoms with E-state index in [2.05, 4.69) is 82.3 Å². The molecule has 0 saturated heterocycles. The van der Waals surface area contributed by atoms with Crippen LogP contribution in [0.3, 0.4) is 0 Å². The lowest BCUT2D eigenvalue weighted by Crippen LogP contribution is -2.03. The number of allylic oxidation sites excluding steroid dienone is 4. The van der Waals surface area contributed by atoms with Crippen molar-refractivity contribution >= 4 is 68.1 Å². The highest BCUT2D eigenvalue weighted by Crippen LogP contribution is 2.39. The van der Waals surface area contributed by atoms with E-state index >= 15 is 0 Å². The summed E-state index contributed by atoms with van der Waals surface area (Å²) in [5, 5.41) is 9.47. The molecular weight excluding hydrogens is 697 g/mol. The van der Waals surface area contributed by atoms with Crippen molar-refractivity contribution in [1.82, 2.24) is 19.9 Å². The molecule has 290 valence electrons. The highest BCUT2D eigenvalue weighted by atomic mass is 32.1.